The third-order valence-electron chi connectivity index (χ3n) is 5.23. The molecule has 0 aliphatic rings. The van der Waals surface area contributed by atoms with Gasteiger partial charge in [-0.15, -0.1) is 0 Å². The zero-order valence-electron chi connectivity index (χ0n) is 17.6. The summed E-state index contributed by atoms with van der Waals surface area (Å²) in [7, 11) is -10.2. The first-order valence-corrected chi connectivity index (χ1v) is 12.8. The molecule has 0 saturated carbocycles. The van der Waals surface area contributed by atoms with Crippen LogP contribution in [-0.4, -0.2) is 27.0 Å². The molecule has 0 aromatic heterocycles. The molecule has 1 atom stereocenters. The summed E-state index contributed by atoms with van der Waals surface area (Å²) in [6.07, 6.45) is -0.613. The molecule has 0 spiro atoms. The average Bonchev–Trinajstić information content (AvgIpc) is 2.78. The number of aryl methyl sites for hydroxylation is 1. The van der Waals surface area contributed by atoms with Crippen LogP contribution in [0.5, 0.6) is 0 Å². The molecule has 0 radical (unpaired) electrons. The summed E-state index contributed by atoms with van der Waals surface area (Å²) >= 11 is 0. The lowest BCUT2D eigenvalue weighted by Crippen LogP contribution is -2.48. The van der Waals surface area contributed by atoms with Gasteiger partial charge in [0.15, 0.2) is 0 Å². The summed E-state index contributed by atoms with van der Waals surface area (Å²) in [6, 6.07) is 19.3. The van der Waals surface area contributed by atoms with Gasteiger partial charge < -0.3 is 4.79 Å². The van der Waals surface area contributed by atoms with Crippen LogP contribution in [0.4, 0.5) is 4.39 Å². The van der Waals surface area contributed by atoms with Crippen molar-refractivity contribution >= 4 is 25.5 Å². The maximum atomic E-state index is 17.2. The maximum absolute atomic E-state index is 17.2. The van der Waals surface area contributed by atoms with Crippen LogP contribution in [0.2, 0.25) is 0 Å². The van der Waals surface area contributed by atoms with E-state index in [4.69, 9.17) is 0 Å². The van der Waals surface area contributed by atoms with Crippen LogP contribution in [0, 0.1) is 6.92 Å². The van der Waals surface area contributed by atoms with Crippen LogP contribution < -0.4 is 0 Å². The number of hydrogen-bond donors (Lipinski definition) is 0. The van der Waals surface area contributed by atoms with E-state index in [1.807, 2.05) is 0 Å². The van der Waals surface area contributed by atoms with E-state index in [2.05, 4.69) is 0 Å². The number of benzene rings is 3. The summed E-state index contributed by atoms with van der Waals surface area (Å²) in [4.78, 5) is 11.1. The number of halogens is 1. The third-order valence-corrected chi connectivity index (χ3v) is 10.4. The highest BCUT2D eigenvalue weighted by Gasteiger charge is 2.62. The second-order valence-electron chi connectivity index (χ2n) is 7.58. The van der Waals surface area contributed by atoms with Gasteiger partial charge in [0.1, 0.15) is 5.78 Å². The highest BCUT2D eigenvalue weighted by Crippen LogP contribution is 2.48. The fourth-order valence-corrected chi connectivity index (χ4v) is 8.16. The van der Waals surface area contributed by atoms with Gasteiger partial charge in [-0.25, -0.2) is 21.2 Å². The zero-order chi connectivity index (χ0) is 23.6. The van der Waals surface area contributed by atoms with Crippen LogP contribution in [0.15, 0.2) is 94.7 Å². The lowest BCUT2D eigenvalue weighted by atomic mass is 9.94. The molecule has 0 aliphatic carbocycles. The fourth-order valence-electron chi connectivity index (χ4n) is 3.56. The Balaban J connectivity index is 2.40. The van der Waals surface area contributed by atoms with Crippen molar-refractivity contribution in [1.82, 2.24) is 0 Å². The van der Waals surface area contributed by atoms with Crippen LogP contribution in [-0.2, 0) is 24.5 Å². The fraction of sp³-hybridized carbons (Fsp3) is 0.208. The van der Waals surface area contributed by atoms with Gasteiger partial charge in [0.2, 0.25) is 19.7 Å². The first-order chi connectivity index (χ1) is 15.0. The normalized spacial score (nSPS) is 13.5. The van der Waals surface area contributed by atoms with Crippen molar-refractivity contribution in [1.29, 1.82) is 0 Å². The van der Waals surface area contributed by atoms with E-state index in [0.29, 0.717) is 0 Å². The van der Waals surface area contributed by atoms with Crippen molar-refractivity contribution in [2.75, 3.05) is 0 Å². The molecule has 0 aliphatic heterocycles. The molecule has 3 aromatic carbocycles. The molecule has 8 heteroatoms. The van der Waals surface area contributed by atoms with Crippen molar-refractivity contribution in [3.8, 4) is 0 Å². The highest BCUT2D eigenvalue weighted by molar-refractivity contribution is 8.10. The summed E-state index contributed by atoms with van der Waals surface area (Å²) in [5, 5.41) is 0. The summed E-state index contributed by atoms with van der Waals surface area (Å²) < 4.78 is 68.1. The molecule has 0 saturated heterocycles. The summed E-state index contributed by atoms with van der Waals surface area (Å²) in [5.41, 5.74) is 0.920. The molecular weight excluding hydrogens is 451 g/mol. The van der Waals surface area contributed by atoms with E-state index in [0.717, 1.165) is 29.8 Å². The smallest absolute Gasteiger partial charge is 0.300 e. The first kappa shape index (κ1) is 23.8. The second-order valence-corrected chi connectivity index (χ2v) is 12.0. The largest absolute Gasteiger partial charge is 0.324 e. The van der Waals surface area contributed by atoms with Crippen LogP contribution in [0.25, 0.3) is 0 Å². The standard InChI is InChI=1S/C24H23FO5S2/c1-18-13-15-20(16-14-18)23(17-19(2)26)24(25,31(27,28)21-9-5-3-6-10-21)32(29,30)22-11-7-4-8-12-22/h3-16,23H,17H2,1-2H3. The van der Waals surface area contributed by atoms with Crippen LogP contribution >= 0.6 is 0 Å². The Morgan fingerprint density at radius 1 is 0.781 bits per heavy atom. The third kappa shape index (κ3) is 4.12. The monoisotopic (exact) mass is 474 g/mol. The quantitative estimate of drug-likeness (QED) is 0.475. The predicted molar refractivity (Wildman–Crippen MR) is 120 cm³/mol. The summed E-state index contributed by atoms with van der Waals surface area (Å²) in [6.45, 7) is 2.96. The first-order valence-electron chi connectivity index (χ1n) is 9.86. The molecule has 32 heavy (non-hydrogen) atoms. The van der Waals surface area contributed by atoms with Crippen molar-refractivity contribution in [2.45, 2.75) is 40.3 Å². The zero-order valence-corrected chi connectivity index (χ0v) is 19.2. The molecule has 5 nitrogen and oxygen atoms in total. The number of Topliss-reactive ketones (excluding diaryl/α,β-unsaturated/α-hetero) is 1. The van der Waals surface area contributed by atoms with E-state index in [-0.39, 0.29) is 5.56 Å². The number of carbonyl (C=O) groups excluding carboxylic acids is 1. The molecule has 168 valence electrons. The Morgan fingerprint density at radius 2 is 1.19 bits per heavy atom. The Bertz CT molecular complexity index is 1230. The lowest BCUT2D eigenvalue weighted by Gasteiger charge is -2.33. The molecule has 0 fully saturated rings. The molecule has 3 rings (SSSR count). The Hall–Kier alpha value is -2.84. The van der Waals surface area contributed by atoms with Gasteiger partial charge in [-0.3, -0.25) is 0 Å². The minimum absolute atomic E-state index is 0.104. The van der Waals surface area contributed by atoms with Gasteiger partial charge in [0, 0.05) is 6.42 Å². The molecular formula is C24H23FO5S2. The minimum atomic E-state index is -5.12. The van der Waals surface area contributed by atoms with Crippen LogP contribution in [0.1, 0.15) is 30.4 Å². The SMILES string of the molecule is CC(=O)CC(c1ccc(C)cc1)C(F)(S(=O)(=O)c1ccccc1)S(=O)(=O)c1ccccc1. The number of alkyl halides is 1. The molecule has 0 bridgehead atoms. The molecule has 0 amide bonds. The topological polar surface area (TPSA) is 85.3 Å². The molecule has 3 aromatic rings. The van der Waals surface area contributed by atoms with Crippen molar-refractivity contribution < 1.29 is 26.0 Å². The van der Waals surface area contributed by atoms with Crippen molar-refractivity contribution in [3.63, 3.8) is 0 Å². The number of ketones is 1. The number of hydrogen-bond acceptors (Lipinski definition) is 5. The van der Waals surface area contributed by atoms with Gasteiger partial charge in [0.05, 0.1) is 15.7 Å². The highest BCUT2D eigenvalue weighted by atomic mass is 32.3. The van der Waals surface area contributed by atoms with E-state index >= 15 is 4.39 Å². The van der Waals surface area contributed by atoms with E-state index in [1.165, 1.54) is 55.5 Å². The Labute approximate surface area is 187 Å². The van der Waals surface area contributed by atoms with Crippen LogP contribution in [0.3, 0.4) is 0 Å². The Morgan fingerprint density at radius 3 is 1.56 bits per heavy atom. The number of sulfone groups is 2. The number of rotatable bonds is 8. The second kappa shape index (κ2) is 8.96. The average molecular weight is 475 g/mol. The lowest BCUT2D eigenvalue weighted by molar-refractivity contribution is -0.117. The molecule has 0 N–H and O–H groups in total. The maximum Gasteiger partial charge on any atom is 0.324 e. The van der Waals surface area contributed by atoms with Gasteiger partial charge in [-0.1, -0.05) is 66.2 Å². The van der Waals surface area contributed by atoms with E-state index in [9.17, 15) is 21.6 Å². The van der Waals surface area contributed by atoms with Gasteiger partial charge >= 0.3 is 4.33 Å². The van der Waals surface area contributed by atoms with Crippen molar-refractivity contribution in [2.24, 2.45) is 0 Å². The minimum Gasteiger partial charge on any atom is -0.300 e. The molecule has 0 heterocycles. The van der Waals surface area contributed by atoms with E-state index < -0.39 is 51.9 Å². The number of carbonyl (C=O) groups is 1. The van der Waals surface area contributed by atoms with Gasteiger partial charge in [0.25, 0.3) is 0 Å². The van der Waals surface area contributed by atoms with Gasteiger partial charge in [-0.2, -0.15) is 0 Å². The summed E-state index contributed by atoms with van der Waals surface area (Å²) in [5.74, 6) is -2.32. The Kier molecular flexibility index (Phi) is 6.67. The van der Waals surface area contributed by atoms with Gasteiger partial charge in [-0.05, 0) is 43.7 Å². The van der Waals surface area contributed by atoms with E-state index in [1.54, 1.807) is 19.1 Å². The van der Waals surface area contributed by atoms with Crippen molar-refractivity contribution in [3.05, 3.63) is 96.1 Å². The predicted octanol–water partition coefficient (Wildman–Crippen LogP) is 4.63. The molecule has 1 unspecified atom stereocenters.